The van der Waals surface area contributed by atoms with Crippen LogP contribution < -0.4 is 10.1 Å². The number of nitrogens with one attached hydrogen (secondary N) is 1. The average molecular weight is 430 g/mol. The number of rotatable bonds is 7. The first-order valence-corrected chi connectivity index (χ1v) is 11.1. The molecule has 1 saturated heterocycles. The molecule has 0 bridgehead atoms. The zero-order valence-electron chi connectivity index (χ0n) is 18.2. The maximum atomic E-state index is 5.71. The predicted octanol–water partition coefficient (Wildman–Crippen LogP) is 4.35. The van der Waals surface area contributed by atoms with E-state index >= 15 is 0 Å². The highest BCUT2D eigenvalue weighted by molar-refractivity contribution is 5.65. The molecule has 0 unspecified atom stereocenters. The molecule has 0 atom stereocenters. The minimum absolute atomic E-state index is 0.0356. The van der Waals surface area contributed by atoms with Gasteiger partial charge in [0, 0.05) is 36.8 Å². The highest BCUT2D eigenvalue weighted by Gasteiger charge is 2.34. The molecule has 0 spiro atoms. The Hall–Kier alpha value is -3.45. The fourth-order valence-electron chi connectivity index (χ4n) is 4.36. The van der Waals surface area contributed by atoms with Gasteiger partial charge in [0.15, 0.2) is 0 Å². The first-order chi connectivity index (χ1) is 15.8. The van der Waals surface area contributed by atoms with Crippen molar-refractivity contribution in [2.24, 2.45) is 0 Å². The van der Waals surface area contributed by atoms with Gasteiger partial charge in [-0.3, -0.25) is 0 Å². The zero-order valence-corrected chi connectivity index (χ0v) is 18.2. The molecule has 2 aromatic carbocycles. The maximum Gasteiger partial charge on any atom is 0.254 e. The van der Waals surface area contributed by atoms with Crippen LogP contribution in [-0.2, 0) is 10.2 Å². The van der Waals surface area contributed by atoms with Gasteiger partial charge in [0.05, 0.1) is 12.3 Å². The minimum Gasteiger partial charge on any atom is -0.494 e. The molecule has 1 fully saturated rings. The molecule has 0 aliphatic carbocycles. The molecule has 2 aromatic heterocycles. The number of nitrogens with zero attached hydrogens (tertiary/aromatic N) is 4. The van der Waals surface area contributed by atoms with E-state index in [1.54, 1.807) is 10.8 Å². The smallest absolute Gasteiger partial charge is 0.254 e. The monoisotopic (exact) mass is 429 g/mol. The summed E-state index contributed by atoms with van der Waals surface area (Å²) >= 11 is 0. The fourth-order valence-corrected chi connectivity index (χ4v) is 4.36. The summed E-state index contributed by atoms with van der Waals surface area (Å²) in [7, 11) is 0. The van der Waals surface area contributed by atoms with Crippen LogP contribution in [0.4, 0.5) is 5.82 Å². The highest BCUT2D eigenvalue weighted by atomic mass is 16.5. The Labute approximate surface area is 187 Å². The third-order valence-corrected chi connectivity index (χ3v) is 6.16. The van der Waals surface area contributed by atoms with E-state index < -0.39 is 0 Å². The van der Waals surface area contributed by atoms with Crippen LogP contribution in [-0.4, -0.2) is 45.9 Å². The van der Waals surface area contributed by atoms with E-state index in [0.29, 0.717) is 12.4 Å². The summed E-state index contributed by atoms with van der Waals surface area (Å²) in [6.45, 7) is 4.93. The van der Waals surface area contributed by atoms with E-state index in [2.05, 4.69) is 56.8 Å². The third-order valence-electron chi connectivity index (χ3n) is 6.16. The number of aromatic nitrogens is 4. The Bertz CT molecular complexity index is 1170. The highest BCUT2D eigenvalue weighted by Crippen LogP contribution is 2.36. The molecule has 0 saturated carbocycles. The molecule has 1 N–H and O–H groups in total. The van der Waals surface area contributed by atoms with E-state index in [4.69, 9.17) is 9.47 Å². The lowest BCUT2D eigenvalue weighted by molar-refractivity contribution is 0.0543. The van der Waals surface area contributed by atoms with E-state index in [-0.39, 0.29) is 5.41 Å². The molecule has 0 amide bonds. The number of fused-ring (bicyclic) bond motifs is 1. The van der Waals surface area contributed by atoms with Crippen molar-refractivity contribution in [3.05, 3.63) is 72.6 Å². The molecule has 1 aliphatic rings. The number of ether oxygens (including phenoxy) is 2. The summed E-state index contributed by atoms with van der Waals surface area (Å²) < 4.78 is 13.1. The van der Waals surface area contributed by atoms with Crippen molar-refractivity contribution in [3.63, 3.8) is 0 Å². The topological polar surface area (TPSA) is 73.6 Å². The summed E-state index contributed by atoms with van der Waals surface area (Å²) in [5.41, 5.74) is 3.18. The fraction of sp³-hybridized carbons (Fsp3) is 0.320. The molecule has 7 nitrogen and oxygen atoms in total. The van der Waals surface area contributed by atoms with Crippen molar-refractivity contribution >= 4 is 11.6 Å². The van der Waals surface area contributed by atoms with Crippen LogP contribution in [0.1, 0.15) is 25.3 Å². The Morgan fingerprint density at radius 2 is 1.84 bits per heavy atom. The Balaban J connectivity index is 1.46. The lowest BCUT2D eigenvalue weighted by Crippen LogP contribution is -2.40. The van der Waals surface area contributed by atoms with Crippen molar-refractivity contribution in [2.45, 2.75) is 25.2 Å². The van der Waals surface area contributed by atoms with Gasteiger partial charge in [-0.05, 0) is 37.5 Å². The number of anilines is 1. The van der Waals surface area contributed by atoms with Gasteiger partial charge in [-0.25, -0.2) is 4.98 Å². The largest absolute Gasteiger partial charge is 0.494 e. The summed E-state index contributed by atoms with van der Waals surface area (Å²) in [4.78, 5) is 9.01. The first-order valence-electron chi connectivity index (χ1n) is 11.1. The van der Waals surface area contributed by atoms with Gasteiger partial charge >= 0.3 is 0 Å². The van der Waals surface area contributed by atoms with Crippen LogP contribution >= 0.6 is 0 Å². The second-order valence-electron chi connectivity index (χ2n) is 8.07. The summed E-state index contributed by atoms with van der Waals surface area (Å²) in [5.74, 6) is 2.36. The number of hydrogen-bond donors (Lipinski definition) is 1. The van der Waals surface area contributed by atoms with E-state index in [0.717, 1.165) is 55.4 Å². The lowest BCUT2D eigenvalue weighted by Gasteiger charge is -2.38. The normalized spacial score (nSPS) is 15.5. The standard InChI is InChI=1S/C25H27N5O2/c1-2-32-21-10-8-20(9-11-21)25(12-14-31-15-13-25)17-26-23-16-22(19-6-4-3-5-7-19)29-24-27-18-28-30(23)24/h3-11,16,18,26H,2,12-15,17H2,1H3. The van der Waals surface area contributed by atoms with Crippen molar-refractivity contribution in [2.75, 3.05) is 31.7 Å². The van der Waals surface area contributed by atoms with Gasteiger partial charge in [0.25, 0.3) is 5.78 Å². The summed E-state index contributed by atoms with van der Waals surface area (Å²) in [6, 6.07) is 20.7. The molecule has 0 radical (unpaired) electrons. The van der Waals surface area contributed by atoms with Gasteiger partial charge in [-0.2, -0.15) is 14.6 Å². The second-order valence-corrected chi connectivity index (χ2v) is 8.07. The van der Waals surface area contributed by atoms with Gasteiger partial charge < -0.3 is 14.8 Å². The lowest BCUT2D eigenvalue weighted by atomic mass is 9.74. The second kappa shape index (κ2) is 8.96. The van der Waals surface area contributed by atoms with Gasteiger partial charge in [0.1, 0.15) is 17.9 Å². The number of benzene rings is 2. The Morgan fingerprint density at radius 1 is 1.06 bits per heavy atom. The molecule has 164 valence electrons. The maximum absolute atomic E-state index is 5.71. The predicted molar refractivity (Wildman–Crippen MR) is 124 cm³/mol. The molecular formula is C25H27N5O2. The first kappa shape index (κ1) is 20.5. The van der Waals surface area contributed by atoms with Crippen LogP contribution in [0, 0.1) is 0 Å². The number of hydrogen-bond acceptors (Lipinski definition) is 6. The average Bonchev–Trinajstić information content (AvgIpc) is 3.33. The van der Waals surface area contributed by atoms with Crippen molar-refractivity contribution in [1.82, 2.24) is 19.6 Å². The van der Waals surface area contributed by atoms with E-state index in [9.17, 15) is 0 Å². The van der Waals surface area contributed by atoms with Gasteiger partial charge in [-0.15, -0.1) is 0 Å². The van der Waals surface area contributed by atoms with Crippen LogP contribution in [0.3, 0.4) is 0 Å². The van der Waals surface area contributed by atoms with Crippen LogP contribution in [0.2, 0.25) is 0 Å². The van der Waals surface area contributed by atoms with Crippen LogP contribution in [0.25, 0.3) is 17.0 Å². The van der Waals surface area contributed by atoms with Gasteiger partial charge in [0.2, 0.25) is 0 Å². The molecule has 4 aromatic rings. The molecule has 32 heavy (non-hydrogen) atoms. The summed E-state index contributed by atoms with van der Waals surface area (Å²) in [5, 5.41) is 8.05. The molecule has 1 aliphatic heterocycles. The third kappa shape index (κ3) is 4.03. The van der Waals surface area contributed by atoms with Crippen molar-refractivity contribution < 1.29 is 9.47 Å². The quantitative estimate of drug-likeness (QED) is 0.471. The molecule has 3 heterocycles. The Morgan fingerprint density at radius 3 is 2.59 bits per heavy atom. The summed E-state index contributed by atoms with van der Waals surface area (Å²) in [6.07, 6.45) is 3.44. The molecule has 5 rings (SSSR count). The SMILES string of the molecule is CCOc1ccc(C2(CNc3cc(-c4ccccc4)nc4ncnn34)CCOCC2)cc1. The van der Waals surface area contributed by atoms with Crippen molar-refractivity contribution in [3.8, 4) is 17.0 Å². The molecular weight excluding hydrogens is 402 g/mol. The zero-order chi connectivity index (χ0) is 21.8. The van der Waals surface area contributed by atoms with Crippen LogP contribution in [0.15, 0.2) is 67.0 Å². The van der Waals surface area contributed by atoms with Crippen molar-refractivity contribution in [1.29, 1.82) is 0 Å². The minimum atomic E-state index is -0.0356. The van der Waals surface area contributed by atoms with Gasteiger partial charge in [-0.1, -0.05) is 42.5 Å². The van der Waals surface area contributed by atoms with E-state index in [1.807, 2.05) is 31.2 Å². The van der Waals surface area contributed by atoms with Crippen LogP contribution in [0.5, 0.6) is 5.75 Å². The van der Waals surface area contributed by atoms with E-state index in [1.165, 1.54) is 5.56 Å². The Kier molecular flexibility index (Phi) is 5.73. The molecule has 7 heteroatoms.